The second kappa shape index (κ2) is 5.37. The second-order valence-corrected chi connectivity index (χ2v) is 4.55. The summed E-state index contributed by atoms with van der Waals surface area (Å²) < 4.78 is 17.9. The number of phenols is 2. The third kappa shape index (κ3) is 2.67. The van der Waals surface area contributed by atoms with Gasteiger partial charge in [-0.2, -0.15) is 4.98 Å². The zero-order valence-electron chi connectivity index (χ0n) is 11.3. The Hall–Kier alpha value is -3.49. The number of phenolic OH excluding ortho intramolecular Hbond substituents is 2. The fourth-order valence-electron chi connectivity index (χ4n) is 1.92. The van der Waals surface area contributed by atoms with Gasteiger partial charge in [0.2, 0.25) is 11.6 Å². The van der Waals surface area contributed by atoms with Gasteiger partial charge in [-0.25, -0.2) is 4.39 Å². The number of halogens is 1. The van der Waals surface area contributed by atoms with Gasteiger partial charge in [0.1, 0.15) is 5.82 Å². The quantitative estimate of drug-likeness (QED) is 0.432. The molecular weight excluding hydrogens is 309 g/mol. The number of nitro groups is 1. The molecule has 0 atom stereocenters. The standard InChI is InChI=1S/C14H8FN3O5/c15-9-3-1-7(2-4-9)13-16-14(23-17-13)8-5-10(18(21)22)12(20)11(19)6-8/h1-6,19-20H. The Labute approximate surface area is 127 Å². The van der Waals surface area contributed by atoms with Crippen molar-refractivity contribution >= 4 is 5.69 Å². The maximum Gasteiger partial charge on any atom is 0.315 e. The summed E-state index contributed by atoms with van der Waals surface area (Å²) in [4.78, 5) is 14.0. The van der Waals surface area contributed by atoms with Crippen molar-refractivity contribution in [2.24, 2.45) is 0 Å². The Kier molecular flexibility index (Phi) is 3.37. The van der Waals surface area contributed by atoms with E-state index in [0.29, 0.717) is 5.56 Å². The highest BCUT2D eigenvalue weighted by Crippen LogP contribution is 2.39. The minimum atomic E-state index is -0.851. The largest absolute Gasteiger partial charge is 0.504 e. The molecule has 0 saturated carbocycles. The van der Waals surface area contributed by atoms with E-state index in [4.69, 9.17) is 4.52 Å². The predicted molar refractivity (Wildman–Crippen MR) is 75.1 cm³/mol. The minimum absolute atomic E-state index is 0.0628. The number of aromatic hydroxyl groups is 2. The number of hydrogen-bond acceptors (Lipinski definition) is 7. The van der Waals surface area contributed by atoms with Gasteiger partial charge in [0, 0.05) is 11.6 Å². The number of rotatable bonds is 3. The predicted octanol–water partition coefficient (Wildman–Crippen LogP) is 2.86. The van der Waals surface area contributed by atoms with Gasteiger partial charge in [-0.05, 0) is 30.3 Å². The van der Waals surface area contributed by atoms with Gasteiger partial charge in [0.15, 0.2) is 5.75 Å². The molecule has 1 heterocycles. The van der Waals surface area contributed by atoms with Crippen LogP contribution in [0.4, 0.5) is 10.1 Å². The van der Waals surface area contributed by atoms with E-state index in [-0.39, 0.29) is 17.3 Å². The smallest absolute Gasteiger partial charge is 0.315 e. The average molecular weight is 317 g/mol. The summed E-state index contributed by atoms with van der Waals surface area (Å²) in [5, 5.41) is 33.6. The zero-order chi connectivity index (χ0) is 16.6. The van der Waals surface area contributed by atoms with Crippen LogP contribution in [0.25, 0.3) is 22.8 Å². The highest BCUT2D eigenvalue weighted by molar-refractivity contribution is 5.68. The van der Waals surface area contributed by atoms with Crippen LogP contribution in [0.3, 0.4) is 0 Å². The number of nitrogens with zero attached hydrogens (tertiary/aromatic N) is 3. The molecule has 0 saturated heterocycles. The lowest BCUT2D eigenvalue weighted by Crippen LogP contribution is -1.90. The lowest BCUT2D eigenvalue weighted by atomic mass is 10.1. The van der Waals surface area contributed by atoms with Gasteiger partial charge >= 0.3 is 5.69 Å². The van der Waals surface area contributed by atoms with Gasteiger partial charge in [-0.1, -0.05) is 5.16 Å². The molecule has 2 aromatic carbocycles. The summed E-state index contributed by atoms with van der Waals surface area (Å²) in [7, 11) is 0. The molecule has 9 heteroatoms. The molecular formula is C14H8FN3O5. The first kappa shape index (κ1) is 14.4. The van der Waals surface area contributed by atoms with E-state index in [0.717, 1.165) is 12.1 Å². The topological polar surface area (TPSA) is 123 Å². The van der Waals surface area contributed by atoms with E-state index < -0.39 is 27.9 Å². The van der Waals surface area contributed by atoms with E-state index >= 15 is 0 Å². The Morgan fingerprint density at radius 3 is 2.48 bits per heavy atom. The third-order valence-electron chi connectivity index (χ3n) is 3.04. The van der Waals surface area contributed by atoms with Crippen LogP contribution < -0.4 is 0 Å². The average Bonchev–Trinajstić information content (AvgIpc) is 3.00. The number of aromatic nitrogens is 2. The van der Waals surface area contributed by atoms with Gasteiger partial charge in [0.25, 0.3) is 5.89 Å². The van der Waals surface area contributed by atoms with Crippen molar-refractivity contribution in [3.05, 3.63) is 52.3 Å². The normalized spacial score (nSPS) is 10.7. The SMILES string of the molecule is O=[N+]([O-])c1cc(-c2nc(-c3ccc(F)cc3)no2)cc(O)c1O. The Morgan fingerprint density at radius 1 is 1.13 bits per heavy atom. The van der Waals surface area contributed by atoms with Crippen molar-refractivity contribution in [2.75, 3.05) is 0 Å². The van der Waals surface area contributed by atoms with Crippen LogP contribution in [-0.4, -0.2) is 25.3 Å². The highest BCUT2D eigenvalue weighted by Gasteiger charge is 2.22. The lowest BCUT2D eigenvalue weighted by molar-refractivity contribution is -0.385. The molecule has 3 rings (SSSR count). The van der Waals surface area contributed by atoms with Gasteiger partial charge < -0.3 is 14.7 Å². The Bertz CT molecular complexity index is 892. The molecule has 0 aliphatic rings. The number of hydrogen-bond donors (Lipinski definition) is 2. The first-order valence-corrected chi connectivity index (χ1v) is 6.26. The van der Waals surface area contributed by atoms with Gasteiger partial charge in [-0.3, -0.25) is 10.1 Å². The van der Waals surface area contributed by atoms with Crippen molar-refractivity contribution in [3.8, 4) is 34.3 Å². The Morgan fingerprint density at radius 2 is 1.83 bits per heavy atom. The molecule has 0 amide bonds. The maximum atomic E-state index is 12.9. The van der Waals surface area contributed by atoms with E-state index in [1.54, 1.807) is 0 Å². The van der Waals surface area contributed by atoms with Crippen LogP contribution in [0.5, 0.6) is 11.5 Å². The van der Waals surface area contributed by atoms with Crippen molar-refractivity contribution in [1.82, 2.24) is 10.1 Å². The molecule has 23 heavy (non-hydrogen) atoms. The third-order valence-corrected chi connectivity index (χ3v) is 3.04. The molecule has 1 aromatic heterocycles. The highest BCUT2D eigenvalue weighted by atomic mass is 19.1. The summed E-state index contributed by atoms with van der Waals surface area (Å²) in [6, 6.07) is 7.40. The van der Waals surface area contributed by atoms with E-state index in [1.165, 1.54) is 24.3 Å². The molecule has 3 aromatic rings. The van der Waals surface area contributed by atoms with Crippen molar-refractivity contribution in [2.45, 2.75) is 0 Å². The summed E-state index contributed by atoms with van der Waals surface area (Å²) >= 11 is 0. The molecule has 0 unspecified atom stereocenters. The van der Waals surface area contributed by atoms with Gasteiger partial charge in [-0.15, -0.1) is 0 Å². The molecule has 0 radical (unpaired) electrons. The van der Waals surface area contributed by atoms with Crippen LogP contribution in [0.15, 0.2) is 40.9 Å². The molecule has 0 fully saturated rings. The van der Waals surface area contributed by atoms with Crippen LogP contribution in [0.1, 0.15) is 0 Å². The van der Waals surface area contributed by atoms with Crippen molar-refractivity contribution in [3.63, 3.8) is 0 Å². The van der Waals surface area contributed by atoms with E-state index in [9.17, 15) is 24.7 Å². The number of nitro benzene ring substituents is 1. The van der Waals surface area contributed by atoms with Crippen LogP contribution >= 0.6 is 0 Å². The first-order valence-electron chi connectivity index (χ1n) is 6.26. The molecule has 0 aliphatic heterocycles. The summed E-state index contributed by atoms with van der Waals surface area (Å²) in [6.45, 7) is 0. The lowest BCUT2D eigenvalue weighted by Gasteiger charge is -2.01. The molecule has 8 nitrogen and oxygen atoms in total. The van der Waals surface area contributed by atoms with Gasteiger partial charge in [0.05, 0.1) is 10.5 Å². The molecule has 0 aliphatic carbocycles. The summed E-state index contributed by atoms with van der Waals surface area (Å²) in [5.41, 5.74) is -0.145. The second-order valence-electron chi connectivity index (χ2n) is 4.55. The first-order chi connectivity index (χ1) is 11.0. The summed E-state index contributed by atoms with van der Waals surface area (Å²) in [5.74, 6) is -1.90. The Balaban J connectivity index is 2.03. The number of benzene rings is 2. The van der Waals surface area contributed by atoms with Crippen molar-refractivity contribution < 1.29 is 24.0 Å². The van der Waals surface area contributed by atoms with E-state index in [1.807, 2.05) is 0 Å². The van der Waals surface area contributed by atoms with Crippen LogP contribution in [-0.2, 0) is 0 Å². The molecule has 2 N–H and O–H groups in total. The van der Waals surface area contributed by atoms with Crippen molar-refractivity contribution in [1.29, 1.82) is 0 Å². The molecule has 0 bridgehead atoms. The van der Waals surface area contributed by atoms with Crippen LogP contribution in [0, 0.1) is 15.9 Å². The summed E-state index contributed by atoms with van der Waals surface area (Å²) in [6.07, 6.45) is 0. The monoisotopic (exact) mass is 317 g/mol. The molecule has 0 spiro atoms. The fourth-order valence-corrected chi connectivity index (χ4v) is 1.92. The minimum Gasteiger partial charge on any atom is -0.504 e. The molecule has 116 valence electrons. The van der Waals surface area contributed by atoms with Crippen LogP contribution in [0.2, 0.25) is 0 Å². The fraction of sp³-hybridized carbons (Fsp3) is 0. The zero-order valence-corrected chi connectivity index (χ0v) is 11.3. The van der Waals surface area contributed by atoms with E-state index in [2.05, 4.69) is 10.1 Å². The maximum absolute atomic E-state index is 12.9.